The minimum atomic E-state index is -0.435. The lowest BCUT2D eigenvalue weighted by molar-refractivity contribution is 0.0644. The van der Waals surface area contributed by atoms with Crippen LogP contribution in [0.1, 0.15) is 16.7 Å². The Hall–Kier alpha value is -0.900. The van der Waals surface area contributed by atoms with E-state index in [4.69, 9.17) is 4.74 Å². The molecule has 0 radical (unpaired) electrons. The first-order valence-electron chi connectivity index (χ1n) is 5.58. The fraction of sp³-hybridized carbons (Fsp3) is 0.538. The minimum Gasteiger partial charge on any atom is -0.389 e. The van der Waals surface area contributed by atoms with Gasteiger partial charge in [0.1, 0.15) is 0 Å². The van der Waals surface area contributed by atoms with E-state index < -0.39 is 6.10 Å². The Morgan fingerprint density at radius 3 is 2.81 bits per heavy atom. The Balaban J connectivity index is 2.40. The summed E-state index contributed by atoms with van der Waals surface area (Å²) in [7, 11) is 1.59. The molecule has 0 heterocycles. The van der Waals surface area contributed by atoms with E-state index in [1.165, 1.54) is 16.7 Å². The van der Waals surface area contributed by atoms with Gasteiger partial charge in [-0.05, 0) is 30.5 Å². The summed E-state index contributed by atoms with van der Waals surface area (Å²) < 4.78 is 4.86. The molecule has 0 spiro atoms. The largest absolute Gasteiger partial charge is 0.389 e. The molecule has 2 N–H and O–H groups in total. The molecule has 0 saturated heterocycles. The number of aliphatic hydroxyl groups excluding tert-OH is 1. The Morgan fingerprint density at radius 2 is 2.12 bits per heavy atom. The zero-order chi connectivity index (χ0) is 12.0. The summed E-state index contributed by atoms with van der Waals surface area (Å²) in [6.07, 6.45) is -0.435. The van der Waals surface area contributed by atoms with Gasteiger partial charge in [0.15, 0.2) is 0 Å². The van der Waals surface area contributed by atoms with Crippen molar-refractivity contribution in [1.82, 2.24) is 5.32 Å². The van der Waals surface area contributed by atoms with Crippen LogP contribution < -0.4 is 5.32 Å². The van der Waals surface area contributed by atoms with Crippen LogP contribution in [0.15, 0.2) is 18.2 Å². The van der Waals surface area contributed by atoms with Crippen LogP contribution in [0.25, 0.3) is 0 Å². The van der Waals surface area contributed by atoms with E-state index in [-0.39, 0.29) is 0 Å². The van der Waals surface area contributed by atoms with E-state index >= 15 is 0 Å². The van der Waals surface area contributed by atoms with Crippen molar-refractivity contribution in [2.45, 2.75) is 26.5 Å². The van der Waals surface area contributed by atoms with Crippen LogP contribution in [-0.2, 0) is 11.3 Å². The lowest BCUT2D eigenvalue weighted by Crippen LogP contribution is -2.29. The smallest absolute Gasteiger partial charge is 0.0897 e. The summed E-state index contributed by atoms with van der Waals surface area (Å²) in [5.74, 6) is 0. The van der Waals surface area contributed by atoms with Gasteiger partial charge in [0.05, 0.1) is 12.7 Å². The quantitative estimate of drug-likeness (QED) is 0.766. The number of methoxy groups -OCH3 is 1. The first kappa shape index (κ1) is 13.2. The first-order chi connectivity index (χ1) is 7.65. The number of hydrogen-bond donors (Lipinski definition) is 2. The molecule has 3 nitrogen and oxygen atoms in total. The van der Waals surface area contributed by atoms with Gasteiger partial charge < -0.3 is 15.2 Å². The molecule has 0 aromatic heterocycles. The van der Waals surface area contributed by atoms with Crippen LogP contribution in [0, 0.1) is 13.8 Å². The van der Waals surface area contributed by atoms with Crippen molar-refractivity contribution >= 4 is 0 Å². The molecular weight excluding hydrogens is 202 g/mol. The molecule has 0 aliphatic heterocycles. The molecule has 1 aromatic rings. The van der Waals surface area contributed by atoms with Crippen molar-refractivity contribution in [3.63, 3.8) is 0 Å². The maximum absolute atomic E-state index is 9.46. The first-order valence-corrected chi connectivity index (χ1v) is 5.58. The van der Waals surface area contributed by atoms with E-state index in [9.17, 15) is 5.11 Å². The predicted molar refractivity (Wildman–Crippen MR) is 65.5 cm³/mol. The molecule has 0 amide bonds. The van der Waals surface area contributed by atoms with Crippen molar-refractivity contribution in [3.05, 3.63) is 34.9 Å². The van der Waals surface area contributed by atoms with Crippen LogP contribution in [0.5, 0.6) is 0 Å². The molecule has 0 saturated carbocycles. The SMILES string of the molecule is COCC(O)CNCc1cccc(C)c1C. The van der Waals surface area contributed by atoms with E-state index in [0.29, 0.717) is 13.2 Å². The highest BCUT2D eigenvalue weighted by atomic mass is 16.5. The van der Waals surface area contributed by atoms with Gasteiger partial charge >= 0.3 is 0 Å². The summed E-state index contributed by atoms with van der Waals surface area (Å²) in [4.78, 5) is 0. The molecule has 16 heavy (non-hydrogen) atoms. The van der Waals surface area contributed by atoms with Crippen molar-refractivity contribution in [2.24, 2.45) is 0 Å². The highest BCUT2D eigenvalue weighted by Crippen LogP contribution is 2.11. The van der Waals surface area contributed by atoms with Gasteiger partial charge in [0, 0.05) is 20.2 Å². The second kappa shape index (κ2) is 6.63. The molecule has 0 aliphatic carbocycles. The number of nitrogens with one attached hydrogen (secondary N) is 1. The zero-order valence-corrected chi connectivity index (χ0v) is 10.3. The van der Waals surface area contributed by atoms with Crippen molar-refractivity contribution in [1.29, 1.82) is 0 Å². The van der Waals surface area contributed by atoms with Gasteiger partial charge in [-0.1, -0.05) is 18.2 Å². The Bertz CT molecular complexity index is 326. The molecule has 3 heteroatoms. The van der Waals surface area contributed by atoms with Gasteiger partial charge in [-0.15, -0.1) is 0 Å². The second-order valence-corrected chi connectivity index (χ2v) is 4.10. The summed E-state index contributed by atoms with van der Waals surface area (Å²) in [5.41, 5.74) is 3.90. The topological polar surface area (TPSA) is 41.5 Å². The molecular formula is C13H21NO2. The summed E-state index contributed by atoms with van der Waals surface area (Å²) in [6.45, 7) is 5.95. The fourth-order valence-corrected chi connectivity index (χ4v) is 1.63. The van der Waals surface area contributed by atoms with Crippen LogP contribution in [0.3, 0.4) is 0 Å². The molecule has 1 atom stereocenters. The van der Waals surface area contributed by atoms with Gasteiger partial charge in [0.25, 0.3) is 0 Å². The Kier molecular flexibility index (Phi) is 5.46. The van der Waals surface area contributed by atoms with Crippen molar-refractivity contribution in [3.8, 4) is 0 Å². The number of rotatable bonds is 6. The molecule has 1 unspecified atom stereocenters. The number of ether oxygens (including phenoxy) is 1. The highest BCUT2D eigenvalue weighted by molar-refractivity contribution is 5.32. The zero-order valence-electron chi connectivity index (χ0n) is 10.3. The maximum atomic E-state index is 9.46. The number of aliphatic hydroxyl groups is 1. The van der Waals surface area contributed by atoms with Crippen LogP contribution in [-0.4, -0.2) is 31.5 Å². The maximum Gasteiger partial charge on any atom is 0.0897 e. The third-order valence-electron chi connectivity index (χ3n) is 2.77. The Labute approximate surface area is 97.4 Å². The minimum absolute atomic E-state index is 0.375. The van der Waals surface area contributed by atoms with E-state index in [1.54, 1.807) is 7.11 Å². The fourth-order valence-electron chi connectivity index (χ4n) is 1.63. The lowest BCUT2D eigenvalue weighted by atomic mass is 10.0. The molecule has 0 fully saturated rings. The summed E-state index contributed by atoms with van der Waals surface area (Å²) >= 11 is 0. The van der Waals surface area contributed by atoms with Gasteiger partial charge in [-0.3, -0.25) is 0 Å². The van der Waals surface area contributed by atoms with E-state index in [1.807, 2.05) is 0 Å². The number of aryl methyl sites for hydroxylation is 1. The highest BCUT2D eigenvalue weighted by Gasteiger charge is 2.04. The van der Waals surface area contributed by atoms with Crippen molar-refractivity contribution in [2.75, 3.05) is 20.3 Å². The summed E-state index contributed by atoms with van der Waals surface area (Å²) in [5, 5.41) is 12.7. The number of hydrogen-bond acceptors (Lipinski definition) is 3. The van der Waals surface area contributed by atoms with Gasteiger partial charge in [0.2, 0.25) is 0 Å². The number of benzene rings is 1. The lowest BCUT2D eigenvalue weighted by Gasteiger charge is -2.12. The van der Waals surface area contributed by atoms with Crippen LogP contribution >= 0.6 is 0 Å². The molecule has 0 aliphatic rings. The molecule has 1 aromatic carbocycles. The molecule has 0 bridgehead atoms. The predicted octanol–water partition coefficient (Wildman–Crippen LogP) is 1.40. The molecule has 90 valence electrons. The third kappa shape index (κ3) is 3.93. The van der Waals surface area contributed by atoms with Gasteiger partial charge in [-0.25, -0.2) is 0 Å². The average molecular weight is 223 g/mol. The van der Waals surface area contributed by atoms with Crippen LogP contribution in [0.2, 0.25) is 0 Å². The van der Waals surface area contributed by atoms with Gasteiger partial charge in [-0.2, -0.15) is 0 Å². The standard InChI is InChI=1S/C13H21NO2/c1-10-5-4-6-12(11(10)2)7-14-8-13(15)9-16-3/h4-6,13-15H,7-9H2,1-3H3. The monoisotopic (exact) mass is 223 g/mol. The average Bonchev–Trinajstić information content (AvgIpc) is 2.25. The molecule has 1 rings (SSSR count). The summed E-state index contributed by atoms with van der Waals surface area (Å²) in [6, 6.07) is 6.28. The van der Waals surface area contributed by atoms with E-state index in [2.05, 4.69) is 37.4 Å². The second-order valence-electron chi connectivity index (χ2n) is 4.10. The third-order valence-corrected chi connectivity index (χ3v) is 2.77. The Morgan fingerprint density at radius 1 is 1.38 bits per heavy atom. The normalized spacial score (nSPS) is 12.8. The van der Waals surface area contributed by atoms with Crippen LogP contribution in [0.4, 0.5) is 0 Å². The van der Waals surface area contributed by atoms with Crippen molar-refractivity contribution < 1.29 is 9.84 Å². The van der Waals surface area contributed by atoms with E-state index in [0.717, 1.165) is 6.54 Å².